The minimum atomic E-state index is -2.78. The van der Waals surface area contributed by atoms with Gasteiger partial charge in [-0.3, -0.25) is 4.79 Å². The van der Waals surface area contributed by atoms with Gasteiger partial charge in [0.05, 0.1) is 39.1 Å². The van der Waals surface area contributed by atoms with E-state index in [1.165, 1.54) is 10.4 Å². The Bertz CT molecular complexity index is 1620. The van der Waals surface area contributed by atoms with Gasteiger partial charge in [-0.2, -0.15) is 0 Å². The summed E-state index contributed by atoms with van der Waals surface area (Å²) in [4.78, 5) is 13.6. The van der Waals surface area contributed by atoms with E-state index in [0.29, 0.717) is 32.7 Å². The van der Waals surface area contributed by atoms with Crippen molar-refractivity contribution in [1.29, 1.82) is 0 Å². The van der Waals surface area contributed by atoms with E-state index >= 15 is 0 Å². The van der Waals surface area contributed by atoms with Crippen molar-refractivity contribution >= 4 is 41.1 Å². The van der Waals surface area contributed by atoms with Crippen LogP contribution in [0.15, 0.2) is 84.9 Å². The SMILES string of the molecule is CC[Si](CC)(CC)O[C@@H](COCc1ccc(OC)cc1)[C@@H](C)C#CC(=O)CC[C@H](C)[C@H](CO[Si](c1ccccc1)(c1ccccc1)C(C)(C)C)O[Si](CC)(CC)CC. The van der Waals surface area contributed by atoms with Crippen LogP contribution in [0.3, 0.4) is 0 Å². The topological polar surface area (TPSA) is 63.2 Å². The summed E-state index contributed by atoms with van der Waals surface area (Å²) >= 11 is 0. The summed E-state index contributed by atoms with van der Waals surface area (Å²) in [6.45, 7) is 26.2. The molecule has 0 aromatic heterocycles. The highest BCUT2D eigenvalue weighted by Gasteiger charge is 2.51. The summed E-state index contributed by atoms with van der Waals surface area (Å²) in [5.74, 6) is 7.08. The number of Topliss-reactive ketones (excluding diaryl/α,β-unsaturated/α-hetero) is 1. The van der Waals surface area contributed by atoms with Crippen LogP contribution in [0.2, 0.25) is 41.3 Å². The third-order valence-corrected chi connectivity index (χ3v) is 27.1. The minimum absolute atomic E-state index is 0.0433. The van der Waals surface area contributed by atoms with Crippen molar-refractivity contribution in [2.75, 3.05) is 20.3 Å². The molecule has 58 heavy (non-hydrogen) atoms. The Balaban J connectivity index is 1.83. The lowest BCUT2D eigenvalue weighted by Crippen LogP contribution is -2.67. The second-order valence-corrected chi connectivity index (χ2v) is 30.9. The number of carbonyl (C=O) groups excluding carboxylic acids is 1. The van der Waals surface area contributed by atoms with Gasteiger partial charge in [0, 0.05) is 12.3 Å². The first-order valence-electron chi connectivity index (χ1n) is 22.1. The standard InChI is InChI=1S/C49H76O6Si3/c1-13-56(14-2,15-3)54-47(38-52-37-42-31-35-44(51-12)36-32-42)40(7)29-33-43(50)34-30-41(8)48(55-57(16-4,17-5)18-6)39-53-58(49(9,10)11,45-25-21-19-22-26-45)46-27-23-20-24-28-46/h19-28,31-32,35-36,40-41,47-48H,13-18,30,34,37-39H2,1-12H3/t40-,41-,47-,48-/m0/s1. The van der Waals surface area contributed by atoms with Crippen molar-refractivity contribution in [3.8, 4) is 17.6 Å². The van der Waals surface area contributed by atoms with Crippen LogP contribution in [0, 0.1) is 23.7 Å². The fraction of sp³-hybridized carbons (Fsp3) is 0.571. The molecule has 0 fully saturated rings. The predicted octanol–water partition coefficient (Wildman–Crippen LogP) is 11.2. The largest absolute Gasteiger partial charge is 0.497 e. The van der Waals surface area contributed by atoms with Crippen molar-refractivity contribution in [1.82, 2.24) is 0 Å². The van der Waals surface area contributed by atoms with Gasteiger partial charge in [0.25, 0.3) is 8.32 Å². The maximum atomic E-state index is 13.6. The van der Waals surface area contributed by atoms with Crippen LogP contribution in [-0.4, -0.2) is 63.3 Å². The molecule has 0 amide bonds. The molecular formula is C49H76O6Si3. The lowest BCUT2D eigenvalue weighted by atomic mass is 9.98. The van der Waals surface area contributed by atoms with Gasteiger partial charge < -0.3 is 22.8 Å². The van der Waals surface area contributed by atoms with Crippen molar-refractivity contribution < 1.29 is 27.5 Å². The summed E-state index contributed by atoms with van der Waals surface area (Å²) in [5.41, 5.74) is 1.07. The van der Waals surface area contributed by atoms with E-state index in [9.17, 15) is 4.79 Å². The Kier molecular flexibility index (Phi) is 20.4. The molecule has 9 heteroatoms. The fourth-order valence-electron chi connectivity index (χ4n) is 8.11. The minimum Gasteiger partial charge on any atom is -0.497 e. The Morgan fingerprint density at radius 1 is 0.672 bits per heavy atom. The molecule has 0 spiro atoms. The Morgan fingerprint density at radius 2 is 1.16 bits per heavy atom. The van der Waals surface area contributed by atoms with Crippen LogP contribution >= 0.6 is 0 Å². The van der Waals surface area contributed by atoms with E-state index in [0.717, 1.165) is 47.6 Å². The van der Waals surface area contributed by atoms with Crippen LogP contribution in [0.1, 0.15) is 94.6 Å². The zero-order valence-electron chi connectivity index (χ0n) is 38.1. The third-order valence-electron chi connectivity index (χ3n) is 12.7. The van der Waals surface area contributed by atoms with E-state index in [1.54, 1.807) is 7.11 Å². The van der Waals surface area contributed by atoms with Crippen LogP contribution < -0.4 is 15.1 Å². The highest BCUT2D eigenvalue weighted by atomic mass is 28.4. The molecule has 3 aromatic rings. The second kappa shape index (κ2) is 23.8. The number of rotatable bonds is 25. The summed E-state index contributed by atoms with van der Waals surface area (Å²) in [7, 11) is -5.09. The van der Waals surface area contributed by atoms with Gasteiger partial charge in [-0.1, -0.05) is 148 Å². The van der Waals surface area contributed by atoms with E-state index < -0.39 is 25.0 Å². The molecular weight excluding hydrogens is 769 g/mol. The molecule has 6 nitrogen and oxygen atoms in total. The third kappa shape index (κ3) is 13.3. The monoisotopic (exact) mass is 844 g/mol. The summed E-state index contributed by atoms with van der Waals surface area (Å²) in [5, 5.41) is 2.38. The molecule has 3 rings (SSSR count). The number of hydrogen-bond acceptors (Lipinski definition) is 6. The molecule has 0 radical (unpaired) electrons. The first kappa shape index (κ1) is 49.5. The van der Waals surface area contributed by atoms with Crippen molar-refractivity contribution in [2.24, 2.45) is 11.8 Å². The quantitative estimate of drug-likeness (QED) is 0.0481. The number of ketones is 1. The first-order valence-corrected chi connectivity index (χ1v) is 29.0. The Labute approximate surface area is 356 Å². The fourth-order valence-corrected chi connectivity index (χ4v) is 18.5. The molecule has 0 heterocycles. The smallest absolute Gasteiger partial charge is 0.261 e. The second-order valence-electron chi connectivity index (χ2n) is 17.1. The van der Waals surface area contributed by atoms with E-state index in [-0.39, 0.29) is 34.9 Å². The van der Waals surface area contributed by atoms with Gasteiger partial charge in [-0.05, 0) is 94.6 Å². The van der Waals surface area contributed by atoms with Crippen LogP contribution in [0.4, 0.5) is 0 Å². The summed E-state index contributed by atoms with van der Waals surface area (Å²) in [6.07, 6.45) is 0.704. The molecule has 0 unspecified atom stereocenters. The highest BCUT2D eigenvalue weighted by Crippen LogP contribution is 2.38. The molecule has 3 aromatic carbocycles. The lowest BCUT2D eigenvalue weighted by Gasteiger charge is -2.45. The maximum absolute atomic E-state index is 13.6. The molecule has 320 valence electrons. The molecule has 0 aliphatic carbocycles. The average molecular weight is 845 g/mol. The number of ether oxygens (including phenoxy) is 2. The Hall–Kier alpha value is -2.82. The van der Waals surface area contributed by atoms with Gasteiger partial charge in [-0.15, -0.1) is 0 Å². The van der Waals surface area contributed by atoms with Gasteiger partial charge in [0.15, 0.2) is 16.6 Å². The van der Waals surface area contributed by atoms with Crippen molar-refractivity contribution in [3.05, 3.63) is 90.5 Å². The molecule has 0 saturated carbocycles. The summed E-state index contributed by atoms with van der Waals surface area (Å²) < 4.78 is 33.3. The molecule has 0 aliphatic rings. The number of methoxy groups -OCH3 is 1. The van der Waals surface area contributed by atoms with Crippen LogP contribution in [-0.2, 0) is 29.4 Å². The van der Waals surface area contributed by atoms with Crippen LogP contribution in [0.5, 0.6) is 5.75 Å². The molecule has 0 saturated heterocycles. The van der Waals surface area contributed by atoms with E-state index in [4.69, 9.17) is 22.8 Å². The van der Waals surface area contributed by atoms with Crippen molar-refractivity contribution in [2.45, 2.75) is 149 Å². The number of benzene rings is 3. The van der Waals surface area contributed by atoms with Gasteiger partial charge in [-0.25, -0.2) is 0 Å². The van der Waals surface area contributed by atoms with E-state index in [2.05, 4.69) is 149 Å². The summed E-state index contributed by atoms with van der Waals surface area (Å²) in [6, 6.07) is 35.8. The van der Waals surface area contributed by atoms with Crippen LogP contribution in [0.25, 0.3) is 0 Å². The molecule has 0 N–H and O–H groups in total. The van der Waals surface area contributed by atoms with Crippen molar-refractivity contribution in [3.63, 3.8) is 0 Å². The Morgan fingerprint density at radius 3 is 1.60 bits per heavy atom. The normalized spacial score (nSPS) is 14.6. The first-order chi connectivity index (χ1) is 27.7. The van der Waals surface area contributed by atoms with Gasteiger partial charge >= 0.3 is 0 Å². The average Bonchev–Trinajstić information content (AvgIpc) is 3.25. The molecule has 0 aliphatic heterocycles. The molecule has 0 bridgehead atoms. The van der Waals surface area contributed by atoms with Gasteiger partial charge in [0.2, 0.25) is 5.78 Å². The zero-order chi connectivity index (χ0) is 42.8. The predicted molar refractivity (Wildman–Crippen MR) is 251 cm³/mol. The van der Waals surface area contributed by atoms with E-state index in [1.807, 2.05) is 24.3 Å². The highest BCUT2D eigenvalue weighted by molar-refractivity contribution is 6.99. The lowest BCUT2D eigenvalue weighted by molar-refractivity contribution is -0.114. The molecule has 4 atom stereocenters. The number of hydrogen-bond donors (Lipinski definition) is 0. The number of carbonyl (C=O) groups is 1. The zero-order valence-corrected chi connectivity index (χ0v) is 41.1. The van der Waals surface area contributed by atoms with Gasteiger partial charge in [0.1, 0.15) is 5.75 Å². The maximum Gasteiger partial charge on any atom is 0.261 e.